The van der Waals surface area contributed by atoms with Crippen LogP contribution < -0.4 is 11.0 Å². The molecule has 6 rings (SSSR count). The van der Waals surface area contributed by atoms with Crippen LogP contribution in [0.3, 0.4) is 0 Å². The SMILES string of the molecule is Cc1[nH]n(-c2ccc(I)cc2)c(=O)c1C=NNC(=O)C12CC3CC(CC(C3)C1)C2. The highest BCUT2D eigenvalue weighted by atomic mass is 127. The molecule has 4 saturated carbocycles. The van der Waals surface area contributed by atoms with Gasteiger partial charge in [-0.1, -0.05) is 0 Å². The van der Waals surface area contributed by atoms with Gasteiger partial charge in [-0.15, -0.1) is 0 Å². The molecule has 4 bridgehead atoms. The summed E-state index contributed by atoms with van der Waals surface area (Å²) in [7, 11) is 0. The lowest BCUT2D eigenvalue weighted by molar-refractivity contribution is -0.146. The van der Waals surface area contributed by atoms with Crippen LogP contribution in [0.5, 0.6) is 0 Å². The fraction of sp³-hybridized carbons (Fsp3) is 0.500. The third-order valence-electron chi connectivity index (χ3n) is 7.08. The highest BCUT2D eigenvalue weighted by Gasteiger charge is 2.54. The smallest absolute Gasteiger partial charge is 0.280 e. The summed E-state index contributed by atoms with van der Waals surface area (Å²) < 4.78 is 2.62. The summed E-state index contributed by atoms with van der Waals surface area (Å²) in [6, 6.07) is 7.71. The highest BCUT2D eigenvalue weighted by Crippen LogP contribution is 2.60. The summed E-state index contributed by atoms with van der Waals surface area (Å²) in [5.74, 6) is 2.18. The van der Waals surface area contributed by atoms with E-state index >= 15 is 0 Å². The van der Waals surface area contributed by atoms with Gasteiger partial charge in [-0.25, -0.2) is 10.1 Å². The maximum Gasteiger partial charge on any atom is 0.280 e. The average Bonchev–Trinajstić information content (AvgIpc) is 2.95. The quantitative estimate of drug-likeness (QED) is 0.378. The minimum absolute atomic E-state index is 0.0407. The van der Waals surface area contributed by atoms with E-state index in [2.05, 4.69) is 38.2 Å². The first-order valence-corrected chi connectivity index (χ1v) is 11.4. The molecule has 0 unspecified atom stereocenters. The standard InChI is InChI=1S/C22H25IN4O2/c1-13-19(20(28)27(26-13)18-4-2-17(23)3-5-18)12-24-25-21(29)22-9-14-6-15(10-22)8-16(7-14)11-22/h2-5,12,14-16,26H,6-11H2,1H3,(H,25,29). The Bertz CT molecular complexity index is 999. The van der Waals surface area contributed by atoms with Gasteiger partial charge in [-0.05, 0) is 110 Å². The molecule has 7 heteroatoms. The van der Waals surface area contributed by atoms with Crippen LogP contribution in [0, 0.1) is 33.7 Å². The Kier molecular flexibility index (Phi) is 4.68. The first kappa shape index (κ1) is 19.1. The van der Waals surface area contributed by atoms with E-state index in [4.69, 9.17) is 0 Å². The minimum atomic E-state index is -0.235. The van der Waals surface area contributed by atoms with Gasteiger partial charge in [-0.3, -0.25) is 14.7 Å². The van der Waals surface area contributed by atoms with Crippen LogP contribution in [0.25, 0.3) is 5.69 Å². The van der Waals surface area contributed by atoms with Crippen molar-refractivity contribution in [2.75, 3.05) is 0 Å². The van der Waals surface area contributed by atoms with E-state index in [9.17, 15) is 9.59 Å². The lowest BCUT2D eigenvalue weighted by Gasteiger charge is -2.55. The van der Waals surface area contributed by atoms with Crippen molar-refractivity contribution in [3.05, 3.63) is 49.4 Å². The van der Waals surface area contributed by atoms with Crippen molar-refractivity contribution in [1.29, 1.82) is 0 Å². The van der Waals surface area contributed by atoms with E-state index in [-0.39, 0.29) is 16.9 Å². The van der Waals surface area contributed by atoms with Crippen LogP contribution in [0.4, 0.5) is 0 Å². The number of carbonyl (C=O) groups excluding carboxylic acids is 1. The molecular weight excluding hydrogens is 479 g/mol. The first-order chi connectivity index (χ1) is 13.9. The third-order valence-corrected chi connectivity index (χ3v) is 7.80. The minimum Gasteiger partial charge on any atom is -0.295 e. The zero-order chi connectivity index (χ0) is 20.2. The molecule has 1 aromatic heterocycles. The number of amides is 1. The van der Waals surface area contributed by atoms with Gasteiger partial charge >= 0.3 is 0 Å². The Morgan fingerprint density at radius 1 is 1.17 bits per heavy atom. The zero-order valence-corrected chi connectivity index (χ0v) is 18.6. The summed E-state index contributed by atoms with van der Waals surface area (Å²) in [6.45, 7) is 1.84. The molecule has 0 spiro atoms. The lowest BCUT2D eigenvalue weighted by atomic mass is 9.49. The number of aryl methyl sites for hydroxylation is 1. The second kappa shape index (κ2) is 7.11. The van der Waals surface area contributed by atoms with Crippen molar-refractivity contribution in [3.63, 3.8) is 0 Å². The van der Waals surface area contributed by atoms with E-state index in [1.807, 2.05) is 31.2 Å². The van der Waals surface area contributed by atoms with Crippen LogP contribution in [0.2, 0.25) is 0 Å². The molecule has 0 aliphatic heterocycles. The Labute approximate surface area is 183 Å². The summed E-state index contributed by atoms with van der Waals surface area (Å²) >= 11 is 2.23. The van der Waals surface area contributed by atoms with Gasteiger partial charge in [0.1, 0.15) is 0 Å². The number of halogens is 1. The number of nitrogens with zero attached hydrogens (tertiary/aromatic N) is 2. The van der Waals surface area contributed by atoms with Gasteiger partial charge in [0.25, 0.3) is 5.56 Å². The van der Waals surface area contributed by atoms with Crippen molar-refractivity contribution >= 4 is 34.7 Å². The molecule has 6 nitrogen and oxygen atoms in total. The summed E-state index contributed by atoms with van der Waals surface area (Å²) in [5, 5.41) is 7.28. The van der Waals surface area contributed by atoms with Crippen molar-refractivity contribution < 1.29 is 4.79 Å². The topological polar surface area (TPSA) is 79.2 Å². The van der Waals surface area contributed by atoms with Gasteiger partial charge in [0.05, 0.1) is 22.9 Å². The summed E-state index contributed by atoms with van der Waals surface area (Å²) in [6.07, 6.45) is 8.40. The molecule has 29 heavy (non-hydrogen) atoms. The van der Waals surface area contributed by atoms with Crippen molar-refractivity contribution in [2.45, 2.75) is 45.4 Å². The van der Waals surface area contributed by atoms with Crippen LogP contribution in [-0.4, -0.2) is 21.9 Å². The molecule has 2 aromatic rings. The zero-order valence-electron chi connectivity index (χ0n) is 16.5. The molecule has 0 radical (unpaired) electrons. The van der Waals surface area contributed by atoms with Crippen molar-refractivity contribution in [2.24, 2.45) is 28.3 Å². The molecule has 0 saturated heterocycles. The Balaban J connectivity index is 1.33. The molecular formula is C22H25IN4O2. The summed E-state index contributed by atoms with van der Waals surface area (Å²) in [4.78, 5) is 25.8. The molecule has 1 amide bonds. The number of benzene rings is 1. The molecule has 4 aliphatic rings. The second-order valence-corrected chi connectivity index (χ2v) is 10.4. The largest absolute Gasteiger partial charge is 0.295 e. The molecule has 1 aromatic carbocycles. The van der Waals surface area contributed by atoms with E-state index in [0.717, 1.165) is 34.2 Å². The van der Waals surface area contributed by atoms with Crippen LogP contribution in [0.15, 0.2) is 34.2 Å². The van der Waals surface area contributed by atoms with Crippen LogP contribution in [0.1, 0.15) is 49.8 Å². The normalized spacial score (nSPS) is 30.2. The Morgan fingerprint density at radius 3 is 2.34 bits per heavy atom. The summed E-state index contributed by atoms with van der Waals surface area (Å²) in [5.41, 5.74) is 4.33. The number of rotatable bonds is 4. The second-order valence-electron chi connectivity index (χ2n) is 9.16. The molecule has 4 aliphatic carbocycles. The number of aromatic nitrogens is 2. The number of H-pyrrole nitrogens is 1. The van der Waals surface area contributed by atoms with Crippen LogP contribution in [-0.2, 0) is 4.79 Å². The molecule has 4 fully saturated rings. The van der Waals surface area contributed by atoms with E-state index in [1.54, 1.807) is 0 Å². The van der Waals surface area contributed by atoms with Gasteiger partial charge in [-0.2, -0.15) is 5.10 Å². The molecule has 1 heterocycles. The Hall–Kier alpha value is -1.90. The van der Waals surface area contributed by atoms with Gasteiger partial charge in [0.2, 0.25) is 5.91 Å². The van der Waals surface area contributed by atoms with Gasteiger partial charge < -0.3 is 0 Å². The fourth-order valence-corrected chi connectivity index (χ4v) is 6.51. The molecule has 152 valence electrons. The highest BCUT2D eigenvalue weighted by molar-refractivity contribution is 14.1. The number of carbonyl (C=O) groups is 1. The van der Waals surface area contributed by atoms with E-state index < -0.39 is 0 Å². The number of aromatic amines is 1. The fourth-order valence-electron chi connectivity index (χ4n) is 6.15. The number of hydrogen-bond donors (Lipinski definition) is 2. The van der Waals surface area contributed by atoms with Crippen molar-refractivity contribution in [1.82, 2.24) is 15.2 Å². The number of hydrogen-bond acceptors (Lipinski definition) is 3. The van der Waals surface area contributed by atoms with Gasteiger partial charge in [0.15, 0.2) is 0 Å². The number of nitrogens with one attached hydrogen (secondary N) is 2. The predicted molar refractivity (Wildman–Crippen MR) is 120 cm³/mol. The monoisotopic (exact) mass is 504 g/mol. The average molecular weight is 504 g/mol. The Morgan fingerprint density at radius 2 is 1.76 bits per heavy atom. The first-order valence-electron chi connectivity index (χ1n) is 10.3. The number of hydrazone groups is 1. The lowest BCUT2D eigenvalue weighted by Crippen LogP contribution is -2.52. The van der Waals surface area contributed by atoms with E-state index in [0.29, 0.717) is 23.3 Å². The van der Waals surface area contributed by atoms with E-state index in [1.165, 1.54) is 30.2 Å². The van der Waals surface area contributed by atoms with Crippen molar-refractivity contribution in [3.8, 4) is 5.69 Å². The maximum absolute atomic E-state index is 13.0. The molecule has 2 N–H and O–H groups in total. The maximum atomic E-state index is 13.0. The molecule has 0 atom stereocenters. The van der Waals surface area contributed by atoms with Crippen LogP contribution >= 0.6 is 22.6 Å². The predicted octanol–water partition coefficient (Wildman–Crippen LogP) is 3.75. The third kappa shape index (κ3) is 3.37. The van der Waals surface area contributed by atoms with Gasteiger partial charge in [0, 0.05) is 9.26 Å².